The normalized spacial score (nSPS) is 18.1. The molecule has 33 heavy (non-hydrogen) atoms. The van der Waals surface area contributed by atoms with Crippen molar-refractivity contribution in [2.75, 3.05) is 13.2 Å². The Bertz CT molecular complexity index is 940. The SMILES string of the molecule is O=C(O)[C@H](O)[C@@H](O)[C@H](O)[C@H](O)CO.O=C(O)[C@H](c1ccccc1Cl)N1CCc2sccc2C1. The topological polar surface area (TPSA) is 179 Å². The number of thiophene rings is 1. The van der Waals surface area contributed by atoms with Gasteiger partial charge in [0, 0.05) is 23.0 Å². The van der Waals surface area contributed by atoms with Gasteiger partial charge >= 0.3 is 11.9 Å². The molecule has 12 heteroatoms. The Labute approximate surface area is 198 Å². The van der Waals surface area contributed by atoms with Crippen molar-refractivity contribution in [2.24, 2.45) is 0 Å². The molecule has 0 unspecified atom stereocenters. The summed E-state index contributed by atoms with van der Waals surface area (Å²) in [7, 11) is 0. The molecule has 182 valence electrons. The monoisotopic (exact) mass is 503 g/mol. The molecule has 0 fully saturated rings. The number of fused-ring (bicyclic) bond motifs is 1. The minimum Gasteiger partial charge on any atom is -0.480 e. The van der Waals surface area contributed by atoms with E-state index in [4.69, 9.17) is 42.2 Å². The molecule has 0 radical (unpaired) electrons. The first-order valence-electron chi connectivity index (χ1n) is 9.90. The molecule has 7 N–H and O–H groups in total. The average molecular weight is 504 g/mol. The predicted molar refractivity (Wildman–Crippen MR) is 119 cm³/mol. The number of hydrogen-bond donors (Lipinski definition) is 7. The van der Waals surface area contributed by atoms with Crippen LogP contribution in [0, 0.1) is 0 Å². The molecule has 2 heterocycles. The summed E-state index contributed by atoms with van der Waals surface area (Å²) < 4.78 is 0. The Hall–Kier alpha value is -2.09. The molecular weight excluding hydrogens is 478 g/mol. The number of carboxylic acid groups (broad SMARTS) is 2. The van der Waals surface area contributed by atoms with Crippen molar-refractivity contribution in [3.8, 4) is 0 Å². The number of carboxylic acids is 2. The molecule has 1 aromatic carbocycles. The Morgan fingerprint density at radius 1 is 1.03 bits per heavy atom. The highest BCUT2D eigenvalue weighted by atomic mass is 35.5. The fraction of sp³-hybridized carbons (Fsp3) is 0.429. The van der Waals surface area contributed by atoms with Crippen molar-refractivity contribution in [3.05, 3.63) is 56.7 Å². The summed E-state index contributed by atoms with van der Waals surface area (Å²) in [5.41, 5.74) is 1.90. The minimum absolute atomic E-state index is 0.510. The minimum atomic E-state index is -2.20. The van der Waals surface area contributed by atoms with E-state index in [1.807, 2.05) is 17.0 Å². The van der Waals surface area contributed by atoms with Crippen LogP contribution in [0.1, 0.15) is 22.0 Å². The lowest BCUT2D eigenvalue weighted by atomic mass is 10.0. The quantitative estimate of drug-likeness (QED) is 0.261. The molecule has 0 amide bonds. The van der Waals surface area contributed by atoms with Gasteiger partial charge < -0.3 is 35.7 Å². The zero-order valence-corrected chi connectivity index (χ0v) is 18.9. The first-order chi connectivity index (χ1) is 15.6. The molecule has 10 nitrogen and oxygen atoms in total. The summed E-state index contributed by atoms with van der Waals surface area (Å²) in [6, 6.07) is 8.58. The van der Waals surface area contributed by atoms with Gasteiger partial charge in [-0.25, -0.2) is 4.79 Å². The lowest BCUT2D eigenvalue weighted by molar-refractivity contribution is -0.164. The van der Waals surface area contributed by atoms with Crippen molar-refractivity contribution in [2.45, 2.75) is 43.4 Å². The summed E-state index contributed by atoms with van der Waals surface area (Å²) in [6.45, 7) is 0.571. The van der Waals surface area contributed by atoms with Crippen molar-refractivity contribution in [1.29, 1.82) is 0 Å². The van der Waals surface area contributed by atoms with Crippen LogP contribution in [0.2, 0.25) is 5.02 Å². The van der Waals surface area contributed by atoms with Gasteiger partial charge in [0.25, 0.3) is 0 Å². The van der Waals surface area contributed by atoms with Crippen molar-refractivity contribution >= 4 is 34.9 Å². The second-order valence-electron chi connectivity index (χ2n) is 7.37. The van der Waals surface area contributed by atoms with E-state index in [0.717, 1.165) is 13.0 Å². The van der Waals surface area contributed by atoms with Crippen LogP contribution in [0.3, 0.4) is 0 Å². The van der Waals surface area contributed by atoms with Crippen LogP contribution >= 0.6 is 22.9 Å². The summed E-state index contributed by atoms with van der Waals surface area (Å²) in [5, 5.41) is 64.0. The summed E-state index contributed by atoms with van der Waals surface area (Å²) in [4.78, 5) is 25.1. The average Bonchev–Trinajstić information content (AvgIpc) is 3.26. The number of rotatable bonds is 8. The molecule has 1 aromatic heterocycles. The summed E-state index contributed by atoms with van der Waals surface area (Å²) >= 11 is 7.92. The van der Waals surface area contributed by atoms with Gasteiger partial charge in [-0.1, -0.05) is 29.8 Å². The third-order valence-electron chi connectivity index (χ3n) is 5.14. The molecule has 0 bridgehead atoms. The number of carbonyl (C=O) groups is 2. The van der Waals surface area contributed by atoms with E-state index >= 15 is 0 Å². The number of aliphatic hydroxyl groups excluding tert-OH is 5. The van der Waals surface area contributed by atoms with E-state index in [2.05, 4.69) is 11.4 Å². The number of aliphatic hydroxyl groups is 5. The Morgan fingerprint density at radius 2 is 1.70 bits per heavy atom. The van der Waals surface area contributed by atoms with Crippen LogP contribution in [-0.4, -0.2) is 90.2 Å². The van der Waals surface area contributed by atoms with Crippen LogP contribution in [0.4, 0.5) is 0 Å². The smallest absolute Gasteiger partial charge is 0.335 e. The van der Waals surface area contributed by atoms with Gasteiger partial charge in [-0.3, -0.25) is 9.69 Å². The third-order valence-corrected chi connectivity index (χ3v) is 6.51. The van der Waals surface area contributed by atoms with Gasteiger partial charge in [-0.15, -0.1) is 11.3 Å². The van der Waals surface area contributed by atoms with Gasteiger partial charge in [0.15, 0.2) is 6.10 Å². The Morgan fingerprint density at radius 3 is 2.27 bits per heavy atom. The fourth-order valence-corrected chi connectivity index (χ4v) is 4.47. The van der Waals surface area contributed by atoms with E-state index in [-0.39, 0.29) is 0 Å². The van der Waals surface area contributed by atoms with Crippen LogP contribution in [0.15, 0.2) is 35.7 Å². The highest BCUT2D eigenvalue weighted by molar-refractivity contribution is 7.10. The molecule has 0 saturated heterocycles. The molecule has 1 aliphatic heterocycles. The van der Waals surface area contributed by atoms with Crippen LogP contribution < -0.4 is 0 Å². The lowest BCUT2D eigenvalue weighted by Crippen LogP contribution is -2.48. The zero-order chi connectivity index (χ0) is 24.7. The molecule has 0 spiro atoms. The number of nitrogens with zero attached hydrogens (tertiary/aromatic N) is 1. The van der Waals surface area contributed by atoms with E-state index in [1.54, 1.807) is 23.5 Å². The first-order valence-corrected chi connectivity index (χ1v) is 11.2. The second kappa shape index (κ2) is 12.4. The van der Waals surface area contributed by atoms with Crippen LogP contribution in [0.25, 0.3) is 0 Å². The van der Waals surface area contributed by atoms with Crippen molar-refractivity contribution in [3.63, 3.8) is 0 Å². The van der Waals surface area contributed by atoms with Crippen LogP contribution in [0.5, 0.6) is 0 Å². The third kappa shape index (κ3) is 6.95. The molecular formula is C21H26ClNO9S. The van der Waals surface area contributed by atoms with Crippen molar-refractivity contribution < 1.29 is 45.3 Å². The molecule has 0 saturated carbocycles. The fourth-order valence-electron chi connectivity index (χ4n) is 3.34. The Kier molecular flexibility index (Phi) is 10.2. The highest BCUT2D eigenvalue weighted by Gasteiger charge is 2.34. The lowest BCUT2D eigenvalue weighted by Gasteiger charge is -2.32. The van der Waals surface area contributed by atoms with Crippen molar-refractivity contribution in [1.82, 2.24) is 4.90 Å². The summed E-state index contributed by atoms with van der Waals surface area (Å²) in [6.07, 6.45) is -6.93. The standard InChI is InChI=1S/C15H14ClNO2S.C6H12O7/c16-12-4-2-1-3-11(12)14(15(18)19)17-7-5-13-10(9-17)6-8-20-13;7-1-2(8)3(9)4(10)5(11)6(12)13/h1-4,6,8,14H,5,7,9H2,(H,18,19);2-5,7-11H,1H2,(H,12,13)/t14-;2-,3-,4+,5-/m01/s1. The molecule has 1 aliphatic rings. The number of aliphatic carboxylic acids is 2. The molecule has 5 atom stereocenters. The second-order valence-corrected chi connectivity index (χ2v) is 8.77. The maximum absolute atomic E-state index is 11.7. The summed E-state index contributed by atoms with van der Waals surface area (Å²) in [5.74, 6) is -2.58. The largest absolute Gasteiger partial charge is 0.480 e. The van der Waals surface area contributed by atoms with Gasteiger partial charge in [0.05, 0.1) is 6.61 Å². The molecule has 0 aliphatic carbocycles. The first kappa shape index (κ1) is 27.2. The van der Waals surface area contributed by atoms with Gasteiger partial charge in [0.1, 0.15) is 24.4 Å². The molecule has 3 rings (SSSR count). The Balaban J connectivity index is 0.000000260. The molecule has 2 aromatic rings. The number of halogens is 1. The van der Waals surface area contributed by atoms with E-state index in [0.29, 0.717) is 17.1 Å². The zero-order valence-electron chi connectivity index (χ0n) is 17.4. The van der Waals surface area contributed by atoms with E-state index in [9.17, 15) is 14.7 Å². The van der Waals surface area contributed by atoms with Gasteiger partial charge in [-0.05, 0) is 35.1 Å². The number of hydrogen-bond acceptors (Lipinski definition) is 9. The maximum atomic E-state index is 11.7. The van der Waals surface area contributed by atoms with Crippen LogP contribution in [-0.2, 0) is 22.6 Å². The van der Waals surface area contributed by atoms with Gasteiger partial charge in [0.2, 0.25) is 0 Å². The highest BCUT2D eigenvalue weighted by Crippen LogP contribution is 2.33. The predicted octanol–water partition coefficient (Wildman–Crippen LogP) is 0.0924. The van der Waals surface area contributed by atoms with Gasteiger partial charge in [-0.2, -0.15) is 0 Å². The maximum Gasteiger partial charge on any atom is 0.335 e. The number of benzene rings is 1. The van der Waals surface area contributed by atoms with E-state index < -0.39 is 49.0 Å². The van der Waals surface area contributed by atoms with E-state index in [1.165, 1.54) is 10.4 Å².